The van der Waals surface area contributed by atoms with Crippen LogP contribution in [0.25, 0.3) is 0 Å². The molecule has 1 atom stereocenters. The second-order valence-corrected chi connectivity index (χ2v) is 6.45. The Hall–Kier alpha value is -2.26. The molecule has 0 bridgehead atoms. The fourth-order valence-corrected chi connectivity index (χ4v) is 2.92. The zero-order chi connectivity index (χ0) is 19.3. The number of halogens is 6. The molecular weight excluding hydrogens is 366 g/mol. The fourth-order valence-electron chi connectivity index (χ4n) is 2.92. The van der Waals surface area contributed by atoms with Crippen molar-refractivity contribution < 1.29 is 35.9 Å². The van der Waals surface area contributed by atoms with Crippen LogP contribution in [0.5, 0.6) is 0 Å². The van der Waals surface area contributed by atoms with Crippen LogP contribution in [0.1, 0.15) is 40.7 Å². The number of nitrogens with one attached hydrogen (secondary N) is 1. The smallest absolute Gasteiger partial charge is 0.347 e. The van der Waals surface area contributed by atoms with Crippen molar-refractivity contribution in [2.45, 2.75) is 43.7 Å². The molecule has 4 nitrogen and oxygen atoms in total. The molecule has 0 unspecified atom stereocenters. The van der Waals surface area contributed by atoms with Gasteiger partial charge in [-0.05, 0) is 31.0 Å². The Labute approximate surface area is 144 Å². The molecule has 1 aromatic rings. The monoisotopic (exact) mass is 380 g/mol. The first-order valence-corrected chi connectivity index (χ1v) is 7.85. The first-order valence-electron chi connectivity index (χ1n) is 7.85. The van der Waals surface area contributed by atoms with Crippen molar-refractivity contribution in [3.8, 4) is 0 Å². The van der Waals surface area contributed by atoms with Gasteiger partial charge in [-0.2, -0.15) is 26.3 Å². The number of carbonyl (C=O) groups excluding carboxylic acids is 2. The van der Waals surface area contributed by atoms with Gasteiger partial charge in [-0.1, -0.05) is 0 Å². The highest BCUT2D eigenvalue weighted by atomic mass is 19.4. The van der Waals surface area contributed by atoms with Gasteiger partial charge < -0.3 is 10.2 Å². The van der Waals surface area contributed by atoms with E-state index in [-0.39, 0.29) is 31.0 Å². The second kappa shape index (κ2) is 6.17. The maximum atomic E-state index is 12.9. The van der Waals surface area contributed by atoms with E-state index in [4.69, 9.17) is 0 Å². The molecule has 2 amide bonds. The van der Waals surface area contributed by atoms with E-state index in [0.29, 0.717) is 12.1 Å². The summed E-state index contributed by atoms with van der Waals surface area (Å²) < 4.78 is 77.1. The Morgan fingerprint density at radius 2 is 1.54 bits per heavy atom. The van der Waals surface area contributed by atoms with Crippen LogP contribution in [0, 0.1) is 0 Å². The third-order valence-electron chi connectivity index (χ3n) is 4.33. The van der Waals surface area contributed by atoms with Gasteiger partial charge in [-0.15, -0.1) is 0 Å². The molecule has 2 aliphatic rings. The Morgan fingerprint density at radius 3 is 2.00 bits per heavy atom. The Balaban J connectivity index is 1.81. The summed E-state index contributed by atoms with van der Waals surface area (Å²) in [4.78, 5) is 25.6. The predicted octanol–water partition coefficient (Wildman–Crippen LogP) is 3.22. The van der Waals surface area contributed by atoms with Crippen LogP contribution in [0.3, 0.4) is 0 Å². The van der Waals surface area contributed by atoms with E-state index < -0.39 is 41.0 Å². The maximum Gasteiger partial charge on any atom is 0.416 e. The number of carbonyl (C=O) groups is 2. The first kappa shape index (κ1) is 18.5. The van der Waals surface area contributed by atoms with Gasteiger partial charge in [-0.3, -0.25) is 9.59 Å². The zero-order valence-electron chi connectivity index (χ0n) is 13.2. The van der Waals surface area contributed by atoms with Crippen molar-refractivity contribution in [1.82, 2.24) is 10.2 Å². The summed E-state index contributed by atoms with van der Waals surface area (Å²) in [5, 5.41) is 2.36. The van der Waals surface area contributed by atoms with Crippen LogP contribution in [0.15, 0.2) is 18.2 Å². The highest BCUT2D eigenvalue weighted by molar-refractivity contribution is 5.95. The normalized spacial score (nSPS) is 21.2. The Bertz CT molecular complexity index is 707. The van der Waals surface area contributed by atoms with Gasteiger partial charge >= 0.3 is 12.4 Å². The van der Waals surface area contributed by atoms with Gasteiger partial charge in [0.2, 0.25) is 5.91 Å². The summed E-state index contributed by atoms with van der Waals surface area (Å²) in [6.45, 7) is 0.209. The van der Waals surface area contributed by atoms with Crippen LogP contribution in [-0.4, -0.2) is 35.3 Å². The van der Waals surface area contributed by atoms with Crippen molar-refractivity contribution in [3.05, 3.63) is 34.9 Å². The number of nitrogens with zero attached hydrogens (tertiary/aromatic N) is 1. The minimum Gasteiger partial charge on any atom is -0.347 e. The third kappa shape index (κ3) is 3.94. The van der Waals surface area contributed by atoms with E-state index in [1.54, 1.807) is 4.90 Å². The van der Waals surface area contributed by atoms with Gasteiger partial charge in [0.25, 0.3) is 5.91 Å². The van der Waals surface area contributed by atoms with Crippen molar-refractivity contribution in [3.63, 3.8) is 0 Å². The minimum absolute atomic E-state index is 0.0205. The lowest BCUT2D eigenvalue weighted by Gasteiger charge is -2.17. The van der Waals surface area contributed by atoms with Crippen molar-refractivity contribution >= 4 is 11.8 Å². The van der Waals surface area contributed by atoms with Gasteiger partial charge in [0.05, 0.1) is 17.2 Å². The molecule has 142 valence electrons. The first-order chi connectivity index (χ1) is 11.9. The maximum absolute atomic E-state index is 12.9. The molecule has 1 saturated carbocycles. The summed E-state index contributed by atoms with van der Waals surface area (Å²) in [6, 6.07) is 0.194. The molecule has 10 heteroatoms. The fraction of sp³-hybridized carbons (Fsp3) is 0.500. The lowest BCUT2D eigenvalue weighted by molar-refractivity contribution is -0.143. The molecular formula is C16H14F6N2O2. The summed E-state index contributed by atoms with van der Waals surface area (Å²) >= 11 is 0. The van der Waals surface area contributed by atoms with Gasteiger partial charge in [0.1, 0.15) is 0 Å². The molecule has 1 saturated heterocycles. The van der Waals surface area contributed by atoms with Gasteiger partial charge in [0.15, 0.2) is 0 Å². The SMILES string of the molecule is O=C(N[C@H]1CC(=O)N(C2CC2)C1)c1cc(C(F)(F)F)cc(C(F)(F)F)c1. The molecule has 0 aromatic heterocycles. The molecule has 1 aliphatic carbocycles. The molecule has 3 rings (SSSR count). The average molecular weight is 380 g/mol. The van der Waals surface area contributed by atoms with Crippen molar-refractivity contribution in [1.29, 1.82) is 0 Å². The number of benzene rings is 1. The predicted molar refractivity (Wildman–Crippen MR) is 77.1 cm³/mol. The Kier molecular flexibility index (Phi) is 4.40. The second-order valence-electron chi connectivity index (χ2n) is 6.45. The number of likely N-dealkylation sites (tertiary alicyclic amines) is 1. The lowest BCUT2D eigenvalue weighted by Crippen LogP contribution is -2.37. The van der Waals surface area contributed by atoms with Crippen LogP contribution in [0.2, 0.25) is 0 Å². The zero-order valence-corrected chi connectivity index (χ0v) is 13.2. The van der Waals surface area contributed by atoms with Crippen molar-refractivity contribution in [2.75, 3.05) is 6.54 Å². The van der Waals surface area contributed by atoms with E-state index in [1.807, 2.05) is 0 Å². The molecule has 0 spiro atoms. The average Bonchev–Trinajstić information content (AvgIpc) is 3.29. The van der Waals surface area contributed by atoms with E-state index in [2.05, 4.69) is 5.32 Å². The van der Waals surface area contributed by atoms with Gasteiger partial charge in [-0.25, -0.2) is 0 Å². The van der Waals surface area contributed by atoms with Crippen molar-refractivity contribution in [2.24, 2.45) is 0 Å². The van der Waals surface area contributed by atoms with Crippen LogP contribution >= 0.6 is 0 Å². The number of rotatable bonds is 3. The van der Waals surface area contributed by atoms with E-state index in [9.17, 15) is 35.9 Å². The lowest BCUT2D eigenvalue weighted by atomic mass is 10.0. The topological polar surface area (TPSA) is 49.4 Å². The molecule has 1 N–H and O–H groups in total. The summed E-state index contributed by atoms with van der Waals surface area (Å²) in [5.74, 6) is -1.25. The quantitative estimate of drug-likeness (QED) is 0.819. The molecule has 26 heavy (non-hydrogen) atoms. The molecule has 2 fully saturated rings. The van der Waals surface area contributed by atoms with Crippen LogP contribution in [0.4, 0.5) is 26.3 Å². The third-order valence-corrected chi connectivity index (χ3v) is 4.33. The number of amides is 2. The molecule has 1 aromatic carbocycles. The summed E-state index contributed by atoms with van der Waals surface area (Å²) in [5.41, 5.74) is -3.86. The largest absolute Gasteiger partial charge is 0.416 e. The summed E-state index contributed by atoms with van der Waals surface area (Å²) in [7, 11) is 0. The highest BCUT2D eigenvalue weighted by Crippen LogP contribution is 2.36. The molecule has 1 heterocycles. The number of hydrogen-bond donors (Lipinski definition) is 1. The van der Waals surface area contributed by atoms with E-state index >= 15 is 0 Å². The number of alkyl halides is 6. The van der Waals surface area contributed by atoms with Crippen LogP contribution in [-0.2, 0) is 17.1 Å². The van der Waals surface area contributed by atoms with E-state index in [1.165, 1.54) is 0 Å². The molecule has 0 radical (unpaired) electrons. The van der Waals surface area contributed by atoms with Gasteiger partial charge in [0, 0.05) is 24.6 Å². The highest BCUT2D eigenvalue weighted by Gasteiger charge is 2.41. The standard InChI is InChI=1S/C16H14F6N2O2/c17-15(18,19)9-3-8(4-10(5-9)16(20,21)22)14(26)23-11-6-13(25)24(7-11)12-1-2-12/h3-5,11-12H,1-2,6-7H2,(H,23,26)/t11-/m0/s1. The van der Waals surface area contributed by atoms with Crippen LogP contribution < -0.4 is 5.32 Å². The number of hydrogen-bond acceptors (Lipinski definition) is 2. The summed E-state index contributed by atoms with van der Waals surface area (Å²) in [6.07, 6.45) is -8.36. The Morgan fingerprint density at radius 1 is 1.00 bits per heavy atom. The minimum atomic E-state index is -5.03. The molecule has 1 aliphatic heterocycles. The van der Waals surface area contributed by atoms with E-state index in [0.717, 1.165) is 12.8 Å².